The molecule has 0 amide bonds. The first-order chi connectivity index (χ1) is 7.22. The minimum Gasteiger partial charge on any atom is -0.368 e. The summed E-state index contributed by atoms with van der Waals surface area (Å²) in [5.74, 6) is 0.284. The quantitative estimate of drug-likeness (QED) is 0.752. The first kappa shape index (κ1) is 10.2. The van der Waals surface area contributed by atoms with E-state index in [4.69, 9.17) is 0 Å². The van der Waals surface area contributed by atoms with Gasteiger partial charge in [0.25, 0.3) is 0 Å². The number of anilines is 1. The Labute approximate surface area is 90.9 Å². The maximum atomic E-state index is 11.2. The number of rotatable bonds is 3. The standard InChI is InChI=1S/C13H17NO/c1-3-14-12(8-10(2)15)9-11-6-4-5-7-13(11)14/h4-7,12H,3,8-9H2,1-2H3. The van der Waals surface area contributed by atoms with Gasteiger partial charge >= 0.3 is 0 Å². The highest BCUT2D eigenvalue weighted by Gasteiger charge is 2.28. The summed E-state index contributed by atoms with van der Waals surface area (Å²) in [5, 5.41) is 0. The molecule has 0 saturated carbocycles. The van der Waals surface area contributed by atoms with Gasteiger partial charge in [-0.15, -0.1) is 0 Å². The molecule has 1 unspecified atom stereocenters. The summed E-state index contributed by atoms with van der Waals surface area (Å²) in [6, 6.07) is 8.84. The third-order valence-corrected chi connectivity index (χ3v) is 3.06. The van der Waals surface area contributed by atoms with Crippen LogP contribution in [-0.4, -0.2) is 18.4 Å². The molecular weight excluding hydrogens is 186 g/mol. The van der Waals surface area contributed by atoms with Gasteiger partial charge in [-0.3, -0.25) is 4.79 Å². The third kappa shape index (κ3) is 1.89. The second-order valence-corrected chi connectivity index (χ2v) is 4.18. The third-order valence-electron chi connectivity index (χ3n) is 3.06. The highest BCUT2D eigenvalue weighted by Crippen LogP contribution is 2.32. The predicted molar refractivity (Wildman–Crippen MR) is 62.3 cm³/mol. The predicted octanol–water partition coefficient (Wildman–Crippen LogP) is 2.42. The van der Waals surface area contributed by atoms with E-state index in [0.29, 0.717) is 12.5 Å². The summed E-state index contributed by atoms with van der Waals surface area (Å²) in [4.78, 5) is 13.5. The molecule has 1 heterocycles. The minimum atomic E-state index is 0.284. The number of benzene rings is 1. The number of hydrogen-bond donors (Lipinski definition) is 0. The van der Waals surface area contributed by atoms with E-state index in [0.717, 1.165) is 13.0 Å². The largest absolute Gasteiger partial charge is 0.368 e. The van der Waals surface area contributed by atoms with E-state index in [1.807, 2.05) is 0 Å². The Morgan fingerprint density at radius 2 is 2.20 bits per heavy atom. The second kappa shape index (κ2) is 4.05. The number of Topliss-reactive ketones (excluding diaryl/α,β-unsaturated/α-hetero) is 1. The van der Waals surface area contributed by atoms with E-state index in [-0.39, 0.29) is 5.78 Å². The molecule has 0 fully saturated rings. The molecule has 1 aliphatic heterocycles. The first-order valence-corrected chi connectivity index (χ1v) is 5.56. The van der Waals surface area contributed by atoms with Crippen molar-refractivity contribution in [3.63, 3.8) is 0 Å². The summed E-state index contributed by atoms with van der Waals surface area (Å²) in [6.07, 6.45) is 1.69. The zero-order chi connectivity index (χ0) is 10.8. The maximum Gasteiger partial charge on any atom is 0.131 e. The molecule has 1 aromatic carbocycles. The number of fused-ring (bicyclic) bond motifs is 1. The number of hydrogen-bond acceptors (Lipinski definition) is 2. The lowest BCUT2D eigenvalue weighted by molar-refractivity contribution is -0.117. The second-order valence-electron chi connectivity index (χ2n) is 4.18. The van der Waals surface area contributed by atoms with Crippen LogP contribution in [0, 0.1) is 0 Å². The fraction of sp³-hybridized carbons (Fsp3) is 0.462. The van der Waals surface area contributed by atoms with Crippen LogP contribution in [0.1, 0.15) is 25.8 Å². The van der Waals surface area contributed by atoms with Crippen LogP contribution in [0.2, 0.25) is 0 Å². The van der Waals surface area contributed by atoms with Crippen molar-refractivity contribution >= 4 is 11.5 Å². The zero-order valence-corrected chi connectivity index (χ0v) is 9.36. The minimum absolute atomic E-state index is 0.284. The van der Waals surface area contributed by atoms with E-state index < -0.39 is 0 Å². The zero-order valence-electron chi connectivity index (χ0n) is 9.36. The summed E-state index contributed by atoms with van der Waals surface area (Å²) < 4.78 is 0. The van der Waals surface area contributed by atoms with Crippen molar-refractivity contribution in [2.24, 2.45) is 0 Å². The SMILES string of the molecule is CCN1c2ccccc2CC1CC(C)=O. The van der Waals surface area contributed by atoms with Gasteiger partial charge in [0.2, 0.25) is 0 Å². The molecule has 0 bridgehead atoms. The monoisotopic (exact) mass is 203 g/mol. The topological polar surface area (TPSA) is 20.3 Å². The van der Waals surface area contributed by atoms with Gasteiger partial charge < -0.3 is 4.90 Å². The first-order valence-electron chi connectivity index (χ1n) is 5.56. The highest BCUT2D eigenvalue weighted by atomic mass is 16.1. The molecule has 0 aliphatic carbocycles. The molecule has 0 saturated heterocycles. The summed E-state index contributed by atoms with van der Waals surface area (Å²) >= 11 is 0. The Hall–Kier alpha value is -1.31. The Bertz CT molecular complexity index is 373. The fourth-order valence-electron chi connectivity index (χ4n) is 2.47. The Kier molecular flexibility index (Phi) is 2.76. The van der Waals surface area contributed by atoms with Gasteiger partial charge in [0, 0.05) is 24.7 Å². The molecule has 0 aromatic heterocycles. The average molecular weight is 203 g/mol. The van der Waals surface area contributed by atoms with Crippen molar-refractivity contribution in [1.82, 2.24) is 0 Å². The lowest BCUT2D eigenvalue weighted by Gasteiger charge is -2.25. The molecule has 1 aliphatic rings. The normalized spacial score (nSPS) is 19.1. The molecule has 1 aromatic rings. The van der Waals surface area contributed by atoms with Gasteiger partial charge in [-0.05, 0) is 31.9 Å². The van der Waals surface area contributed by atoms with Crippen molar-refractivity contribution in [1.29, 1.82) is 0 Å². The van der Waals surface area contributed by atoms with Crippen LogP contribution in [0.3, 0.4) is 0 Å². The van der Waals surface area contributed by atoms with Gasteiger partial charge in [0.15, 0.2) is 0 Å². The molecule has 2 nitrogen and oxygen atoms in total. The maximum absolute atomic E-state index is 11.2. The molecule has 15 heavy (non-hydrogen) atoms. The molecular formula is C13H17NO. The van der Waals surface area contributed by atoms with E-state index in [1.54, 1.807) is 6.92 Å². The van der Waals surface area contributed by atoms with Crippen molar-refractivity contribution in [3.05, 3.63) is 29.8 Å². The Morgan fingerprint density at radius 3 is 2.87 bits per heavy atom. The highest BCUT2D eigenvalue weighted by molar-refractivity contribution is 5.77. The Balaban J connectivity index is 2.24. The summed E-state index contributed by atoms with van der Waals surface area (Å²) in [7, 11) is 0. The van der Waals surface area contributed by atoms with Crippen LogP contribution in [0.5, 0.6) is 0 Å². The van der Waals surface area contributed by atoms with Crippen molar-refractivity contribution in [3.8, 4) is 0 Å². The van der Waals surface area contributed by atoms with Gasteiger partial charge in [-0.25, -0.2) is 0 Å². The molecule has 2 rings (SSSR count). The van der Waals surface area contributed by atoms with E-state index in [2.05, 4.69) is 36.1 Å². The smallest absolute Gasteiger partial charge is 0.131 e. The van der Waals surface area contributed by atoms with Gasteiger partial charge in [-0.1, -0.05) is 18.2 Å². The fourth-order valence-corrected chi connectivity index (χ4v) is 2.47. The summed E-state index contributed by atoms with van der Waals surface area (Å²) in [5.41, 5.74) is 2.69. The van der Waals surface area contributed by atoms with Crippen LogP contribution < -0.4 is 4.90 Å². The lowest BCUT2D eigenvalue weighted by atomic mass is 10.1. The summed E-state index contributed by atoms with van der Waals surface area (Å²) in [6.45, 7) is 4.81. The average Bonchev–Trinajstić information content (AvgIpc) is 2.53. The van der Waals surface area contributed by atoms with Gasteiger partial charge in [0.1, 0.15) is 5.78 Å². The molecule has 1 atom stereocenters. The molecule has 0 radical (unpaired) electrons. The molecule has 2 heteroatoms. The van der Waals surface area contributed by atoms with E-state index in [9.17, 15) is 4.79 Å². The van der Waals surface area contributed by atoms with Crippen molar-refractivity contribution < 1.29 is 4.79 Å². The van der Waals surface area contributed by atoms with Gasteiger partial charge in [-0.2, -0.15) is 0 Å². The molecule has 0 N–H and O–H groups in total. The Morgan fingerprint density at radius 1 is 1.47 bits per heavy atom. The number of nitrogens with zero attached hydrogens (tertiary/aromatic N) is 1. The van der Waals surface area contributed by atoms with Crippen LogP contribution in [0.4, 0.5) is 5.69 Å². The molecule has 80 valence electrons. The van der Waals surface area contributed by atoms with Crippen LogP contribution >= 0.6 is 0 Å². The lowest BCUT2D eigenvalue weighted by Crippen LogP contribution is -2.33. The van der Waals surface area contributed by atoms with Crippen LogP contribution in [-0.2, 0) is 11.2 Å². The number of carbonyl (C=O) groups is 1. The number of para-hydroxylation sites is 1. The van der Waals surface area contributed by atoms with Crippen molar-refractivity contribution in [2.45, 2.75) is 32.7 Å². The number of ketones is 1. The number of likely N-dealkylation sites (N-methyl/N-ethyl adjacent to an activating group) is 1. The van der Waals surface area contributed by atoms with E-state index in [1.165, 1.54) is 11.3 Å². The number of carbonyl (C=O) groups excluding carboxylic acids is 1. The van der Waals surface area contributed by atoms with Crippen molar-refractivity contribution in [2.75, 3.05) is 11.4 Å². The van der Waals surface area contributed by atoms with E-state index >= 15 is 0 Å². The van der Waals surface area contributed by atoms with Crippen LogP contribution in [0.25, 0.3) is 0 Å². The van der Waals surface area contributed by atoms with Crippen LogP contribution in [0.15, 0.2) is 24.3 Å². The molecule has 0 spiro atoms. The van der Waals surface area contributed by atoms with Gasteiger partial charge in [0.05, 0.1) is 0 Å².